The second-order valence-electron chi connectivity index (χ2n) is 11.1. The minimum Gasteiger partial charge on any atom is -0.487 e. The summed E-state index contributed by atoms with van der Waals surface area (Å²) in [6.07, 6.45) is 11.9. The van der Waals surface area contributed by atoms with E-state index in [-0.39, 0.29) is 24.1 Å². The SMILES string of the molecule is Cc1nc2c(OCc3c(Cl)ccc(N(C)C(=O)CNC(=O)/C=C/c4ccc(/C=C/c5ccncc5)nc4)c3Cl)cccc2cc1N(C)C. The van der Waals surface area contributed by atoms with Gasteiger partial charge in [-0.1, -0.05) is 47.5 Å². The van der Waals surface area contributed by atoms with Gasteiger partial charge in [0.1, 0.15) is 17.9 Å². The molecule has 5 aromatic rings. The van der Waals surface area contributed by atoms with Gasteiger partial charge in [-0.25, -0.2) is 4.98 Å². The van der Waals surface area contributed by atoms with Crippen LogP contribution in [0.4, 0.5) is 11.4 Å². The van der Waals surface area contributed by atoms with Gasteiger partial charge in [-0.15, -0.1) is 0 Å². The maximum absolute atomic E-state index is 13.0. The van der Waals surface area contributed by atoms with Gasteiger partial charge < -0.3 is 19.9 Å². The van der Waals surface area contributed by atoms with Crippen molar-refractivity contribution in [2.24, 2.45) is 0 Å². The fraction of sp³-hybridized carbons (Fsp3) is 0.162. The Labute approximate surface area is 289 Å². The topological polar surface area (TPSA) is 101 Å². The molecule has 0 atom stereocenters. The van der Waals surface area contributed by atoms with E-state index in [1.807, 2.05) is 80.5 Å². The Morgan fingerprint density at radius 2 is 1.71 bits per heavy atom. The highest BCUT2D eigenvalue weighted by Crippen LogP contribution is 2.36. The number of benzene rings is 2. The quantitative estimate of drug-likeness (QED) is 0.147. The van der Waals surface area contributed by atoms with E-state index in [1.165, 1.54) is 11.0 Å². The number of para-hydroxylation sites is 1. The molecule has 48 heavy (non-hydrogen) atoms. The molecule has 2 aromatic carbocycles. The number of hydrogen-bond donors (Lipinski definition) is 1. The van der Waals surface area contributed by atoms with Gasteiger partial charge in [-0.2, -0.15) is 0 Å². The van der Waals surface area contributed by atoms with E-state index in [2.05, 4.69) is 21.4 Å². The summed E-state index contributed by atoms with van der Waals surface area (Å²) >= 11 is 13.3. The van der Waals surface area contributed by atoms with Crippen LogP contribution in [0, 0.1) is 6.92 Å². The van der Waals surface area contributed by atoms with Crippen LogP contribution in [-0.4, -0.2) is 54.5 Å². The molecular formula is C37H34Cl2N6O3. The first-order valence-electron chi connectivity index (χ1n) is 15.0. The molecule has 2 amide bonds. The van der Waals surface area contributed by atoms with Gasteiger partial charge in [0, 0.05) is 61.8 Å². The van der Waals surface area contributed by atoms with Crippen LogP contribution in [0.15, 0.2) is 85.3 Å². The number of likely N-dealkylation sites (N-methyl/N-ethyl adjacent to an activating group) is 1. The summed E-state index contributed by atoms with van der Waals surface area (Å²) in [6, 6.07) is 18.6. The van der Waals surface area contributed by atoms with Crippen LogP contribution in [0.3, 0.4) is 0 Å². The Balaban J connectivity index is 1.18. The van der Waals surface area contributed by atoms with Gasteiger partial charge in [-0.05, 0) is 72.7 Å². The number of amides is 2. The second kappa shape index (κ2) is 15.6. The number of aromatic nitrogens is 3. The molecule has 3 heterocycles. The maximum atomic E-state index is 13.0. The van der Waals surface area contributed by atoms with E-state index in [1.54, 1.807) is 43.8 Å². The van der Waals surface area contributed by atoms with Crippen LogP contribution in [0.2, 0.25) is 10.0 Å². The second-order valence-corrected chi connectivity index (χ2v) is 11.9. The molecule has 0 saturated heterocycles. The molecule has 1 N–H and O–H groups in total. The van der Waals surface area contributed by atoms with Crippen LogP contribution < -0.4 is 19.9 Å². The van der Waals surface area contributed by atoms with Crippen LogP contribution in [0.5, 0.6) is 5.75 Å². The van der Waals surface area contributed by atoms with Gasteiger partial charge >= 0.3 is 0 Å². The number of pyridine rings is 3. The molecule has 0 fully saturated rings. The van der Waals surface area contributed by atoms with Crippen LogP contribution >= 0.6 is 23.2 Å². The van der Waals surface area contributed by atoms with Crippen molar-refractivity contribution in [2.45, 2.75) is 13.5 Å². The lowest BCUT2D eigenvalue weighted by Crippen LogP contribution is -2.37. The zero-order valence-corrected chi connectivity index (χ0v) is 28.5. The summed E-state index contributed by atoms with van der Waals surface area (Å²) < 4.78 is 6.17. The van der Waals surface area contributed by atoms with Crippen LogP contribution in [-0.2, 0) is 16.2 Å². The number of ether oxygens (including phenoxy) is 1. The van der Waals surface area contributed by atoms with Crippen LogP contribution in [0.1, 0.15) is 28.1 Å². The zero-order valence-electron chi connectivity index (χ0n) is 26.9. The molecule has 0 aliphatic rings. The summed E-state index contributed by atoms with van der Waals surface area (Å²) in [5.41, 5.74) is 6.11. The zero-order chi connectivity index (χ0) is 34.2. The Hall–Kier alpha value is -5.25. The van der Waals surface area contributed by atoms with Crippen LogP contribution in [0.25, 0.3) is 29.1 Å². The van der Waals surface area contributed by atoms with Crippen molar-refractivity contribution < 1.29 is 14.3 Å². The lowest BCUT2D eigenvalue weighted by molar-refractivity contribution is -0.122. The highest BCUT2D eigenvalue weighted by Gasteiger charge is 2.19. The van der Waals surface area contributed by atoms with Gasteiger partial charge in [0.25, 0.3) is 0 Å². The maximum Gasteiger partial charge on any atom is 0.246 e. The van der Waals surface area contributed by atoms with Gasteiger partial charge in [-0.3, -0.25) is 19.6 Å². The number of nitrogens with zero attached hydrogens (tertiary/aromatic N) is 5. The Kier molecular flexibility index (Phi) is 11.1. The molecule has 5 rings (SSSR count). The van der Waals surface area contributed by atoms with Crippen molar-refractivity contribution in [1.29, 1.82) is 0 Å². The molecule has 0 radical (unpaired) electrons. The van der Waals surface area contributed by atoms with E-state index < -0.39 is 5.91 Å². The van der Waals surface area contributed by atoms with Crippen molar-refractivity contribution in [3.8, 4) is 5.75 Å². The summed E-state index contributed by atoms with van der Waals surface area (Å²) in [5, 5.41) is 4.23. The largest absolute Gasteiger partial charge is 0.487 e. The predicted molar refractivity (Wildman–Crippen MR) is 194 cm³/mol. The Bertz CT molecular complexity index is 2000. The monoisotopic (exact) mass is 680 g/mol. The molecule has 0 aliphatic carbocycles. The minimum atomic E-state index is -0.425. The summed E-state index contributed by atoms with van der Waals surface area (Å²) in [4.78, 5) is 42.1. The number of halogens is 2. The Morgan fingerprint density at radius 3 is 2.44 bits per heavy atom. The first kappa shape index (κ1) is 34.1. The standard InChI is InChI=1S/C37H34Cl2N6O3/c1-24-32(44(2)3)20-27-6-5-7-33(37(27)43-24)48-23-29-30(38)13-14-31(36(29)39)45(4)35(47)22-42-34(46)15-10-26-9-12-28(41-21-26)11-8-25-16-18-40-19-17-25/h5-21H,22-23H2,1-4H3,(H,42,46)/b11-8+,15-10+. The molecule has 0 spiro atoms. The summed E-state index contributed by atoms with van der Waals surface area (Å²) in [5.74, 6) is -0.208. The minimum absolute atomic E-state index is 0.0568. The number of aryl methyl sites for hydroxylation is 1. The fourth-order valence-corrected chi connectivity index (χ4v) is 5.47. The van der Waals surface area contributed by atoms with Crippen molar-refractivity contribution in [3.63, 3.8) is 0 Å². The normalized spacial score (nSPS) is 11.3. The first-order chi connectivity index (χ1) is 23.1. The highest BCUT2D eigenvalue weighted by atomic mass is 35.5. The average Bonchev–Trinajstić information content (AvgIpc) is 3.09. The van der Waals surface area contributed by atoms with Gasteiger partial charge in [0.2, 0.25) is 11.8 Å². The lowest BCUT2D eigenvalue weighted by atomic mass is 10.1. The van der Waals surface area contributed by atoms with Crippen molar-refractivity contribution in [3.05, 3.63) is 123 Å². The highest BCUT2D eigenvalue weighted by molar-refractivity contribution is 6.38. The number of rotatable bonds is 11. The molecule has 0 unspecified atom stereocenters. The fourth-order valence-electron chi connectivity index (χ4n) is 4.86. The molecule has 11 heteroatoms. The third-order valence-corrected chi connectivity index (χ3v) is 8.31. The molecule has 0 saturated carbocycles. The third-order valence-electron chi connectivity index (χ3n) is 7.53. The molecule has 244 valence electrons. The van der Waals surface area contributed by atoms with Gasteiger partial charge in [0.05, 0.1) is 34.3 Å². The third kappa shape index (κ3) is 8.36. The molecule has 0 bridgehead atoms. The van der Waals surface area contributed by atoms with Crippen molar-refractivity contribution in [1.82, 2.24) is 20.3 Å². The van der Waals surface area contributed by atoms with E-state index in [0.29, 0.717) is 22.0 Å². The molecule has 9 nitrogen and oxygen atoms in total. The summed E-state index contributed by atoms with van der Waals surface area (Å²) in [6.45, 7) is 1.77. The number of carbonyl (C=O) groups excluding carboxylic acids is 2. The molecule has 3 aromatic heterocycles. The predicted octanol–water partition coefficient (Wildman–Crippen LogP) is 7.25. The first-order valence-corrected chi connectivity index (χ1v) is 15.8. The van der Waals surface area contributed by atoms with E-state index in [9.17, 15) is 9.59 Å². The smallest absolute Gasteiger partial charge is 0.246 e. The number of fused-ring (bicyclic) bond motifs is 1. The molecular weight excluding hydrogens is 647 g/mol. The Morgan fingerprint density at radius 1 is 0.917 bits per heavy atom. The number of hydrogen-bond acceptors (Lipinski definition) is 7. The average molecular weight is 682 g/mol. The van der Waals surface area contributed by atoms with E-state index in [4.69, 9.17) is 32.9 Å². The van der Waals surface area contributed by atoms with Gasteiger partial charge in [0.15, 0.2) is 0 Å². The summed E-state index contributed by atoms with van der Waals surface area (Å²) in [7, 11) is 5.54. The number of nitrogens with one attached hydrogen (secondary N) is 1. The number of carbonyl (C=O) groups is 2. The van der Waals surface area contributed by atoms with E-state index >= 15 is 0 Å². The van der Waals surface area contributed by atoms with Crippen molar-refractivity contribution in [2.75, 3.05) is 37.5 Å². The lowest BCUT2D eigenvalue weighted by Gasteiger charge is -2.21. The van der Waals surface area contributed by atoms with Crippen molar-refractivity contribution >= 4 is 75.5 Å². The number of anilines is 2. The van der Waals surface area contributed by atoms with E-state index in [0.717, 1.165) is 39.1 Å². The molecule has 0 aliphatic heterocycles.